The van der Waals surface area contributed by atoms with Crippen molar-refractivity contribution in [2.45, 2.75) is 13.8 Å². The van der Waals surface area contributed by atoms with Gasteiger partial charge in [-0.05, 0) is 44.2 Å². The van der Waals surface area contributed by atoms with Crippen LogP contribution in [0.2, 0.25) is 5.15 Å². The molecule has 1 saturated heterocycles. The highest BCUT2D eigenvalue weighted by molar-refractivity contribution is 6.29. The van der Waals surface area contributed by atoms with E-state index in [0.717, 1.165) is 49.1 Å². The molecule has 3 heterocycles. The van der Waals surface area contributed by atoms with Crippen LogP contribution in [0.15, 0.2) is 36.4 Å². The molecule has 9 nitrogen and oxygen atoms in total. The Morgan fingerprint density at radius 1 is 1.00 bits per heavy atom. The van der Waals surface area contributed by atoms with Crippen LogP contribution in [0.1, 0.15) is 11.4 Å². The maximum absolute atomic E-state index is 11.5. The lowest BCUT2D eigenvalue weighted by Gasteiger charge is -2.36. The molecule has 1 aliphatic heterocycles. The summed E-state index contributed by atoms with van der Waals surface area (Å²) in [5, 5.41) is 24.4. The Morgan fingerprint density at radius 3 is 2.31 bits per heavy atom. The van der Waals surface area contributed by atoms with Gasteiger partial charge in [-0.15, -0.1) is 10.2 Å². The number of nitro benzene ring substituents is 1. The zero-order chi connectivity index (χ0) is 20.5. The van der Waals surface area contributed by atoms with Crippen LogP contribution in [0.5, 0.6) is 0 Å². The van der Waals surface area contributed by atoms with Crippen LogP contribution in [-0.4, -0.2) is 51.1 Å². The van der Waals surface area contributed by atoms with Crippen molar-refractivity contribution in [1.82, 2.24) is 20.0 Å². The molecular weight excluding hydrogens is 394 g/mol. The summed E-state index contributed by atoms with van der Waals surface area (Å²) < 4.78 is 1.64. The molecule has 0 atom stereocenters. The minimum Gasteiger partial charge on any atom is -0.368 e. The number of benzene rings is 1. The Labute approximate surface area is 172 Å². The maximum Gasteiger partial charge on any atom is 0.295 e. The van der Waals surface area contributed by atoms with Crippen LogP contribution >= 0.6 is 11.6 Å². The first kappa shape index (κ1) is 19.1. The van der Waals surface area contributed by atoms with Crippen LogP contribution in [0, 0.1) is 24.0 Å². The van der Waals surface area contributed by atoms with Gasteiger partial charge < -0.3 is 9.80 Å². The molecule has 2 aromatic heterocycles. The zero-order valence-corrected chi connectivity index (χ0v) is 16.9. The number of piperazine rings is 1. The van der Waals surface area contributed by atoms with Gasteiger partial charge in [0, 0.05) is 43.6 Å². The third kappa shape index (κ3) is 3.86. The van der Waals surface area contributed by atoms with Crippen LogP contribution in [-0.2, 0) is 0 Å². The number of anilines is 2. The highest BCUT2D eigenvalue weighted by Gasteiger charge is 2.23. The number of aryl methyl sites for hydroxylation is 2. The normalized spacial score (nSPS) is 14.3. The summed E-state index contributed by atoms with van der Waals surface area (Å²) in [6, 6.07) is 10.7. The van der Waals surface area contributed by atoms with E-state index in [1.165, 1.54) is 0 Å². The summed E-state index contributed by atoms with van der Waals surface area (Å²) in [5.74, 6) is 0.793. The SMILES string of the molecule is Cc1cc(C)n(-c2cc(N3CCN(c4ccc(Cl)nn4)CC3)ccc2[N+](=O)[O-])n1. The Hall–Kier alpha value is -3.20. The van der Waals surface area contributed by atoms with Crippen LogP contribution < -0.4 is 9.80 Å². The lowest BCUT2D eigenvalue weighted by molar-refractivity contribution is -0.384. The van der Waals surface area contributed by atoms with Gasteiger partial charge in [0.05, 0.1) is 10.6 Å². The maximum atomic E-state index is 11.5. The Balaban J connectivity index is 1.58. The molecule has 0 N–H and O–H groups in total. The van der Waals surface area contributed by atoms with Crippen molar-refractivity contribution in [2.24, 2.45) is 0 Å². The van der Waals surface area contributed by atoms with Gasteiger partial charge in [0.2, 0.25) is 0 Å². The van der Waals surface area contributed by atoms with Crippen LogP contribution in [0.4, 0.5) is 17.2 Å². The van der Waals surface area contributed by atoms with Gasteiger partial charge in [0.1, 0.15) is 5.69 Å². The van der Waals surface area contributed by atoms with Crippen molar-refractivity contribution in [2.75, 3.05) is 36.0 Å². The molecule has 0 unspecified atom stereocenters. The molecule has 3 aromatic rings. The first-order valence-corrected chi connectivity index (χ1v) is 9.61. The molecular formula is C19H20ClN7O2. The second-order valence-electron chi connectivity index (χ2n) is 6.96. The summed E-state index contributed by atoms with van der Waals surface area (Å²) in [7, 11) is 0. The van der Waals surface area contributed by atoms with Gasteiger partial charge in [-0.2, -0.15) is 5.10 Å². The molecule has 0 saturated carbocycles. The summed E-state index contributed by atoms with van der Waals surface area (Å²) in [5.41, 5.74) is 3.12. The quantitative estimate of drug-likeness (QED) is 0.479. The fourth-order valence-electron chi connectivity index (χ4n) is 3.58. The van der Waals surface area contributed by atoms with E-state index < -0.39 is 0 Å². The third-order valence-electron chi connectivity index (χ3n) is 4.98. The standard InChI is InChI=1S/C19H20ClN7O2/c1-13-11-14(2)26(23-13)17-12-15(3-4-16(17)27(28)29)24-7-9-25(10-8-24)19-6-5-18(20)21-22-19/h3-6,11-12H,7-10H2,1-2H3. The van der Waals surface area contributed by atoms with E-state index >= 15 is 0 Å². The van der Waals surface area contributed by atoms with Crippen molar-refractivity contribution in [3.8, 4) is 5.69 Å². The number of hydrogen-bond acceptors (Lipinski definition) is 7. The minimum absolute atomic E-state index is 0.0371. The second kappa shape index (κ2) is 7.67. The molecule has 150 valence electrons. The largest absolute Gasteiger partial charge is 0.368 e. The lowest BCUT2D eigenvalue weighted by Crippen LogP contribution is -2.46. The fraction of sp³-hybridized carbons (Fsp3) is 0.316. The van der Waals surface area contributed by atoms with Crippen molar-refractivity contribution in [1.29, 1.82) is 0 Å². The highest BCUT2D eigenvalue weighted by atomic mass is 35.5. The minimum atomic E-state index is -0.368. The van der Waals surface area contributed by atoms with Crippen molar-refractivity contribution >= 4 is 28.8 Å². The van der Waals surface area contributed by atoms with E-state index in [4.69, 9.17) is 11.6 Å². The van der Waals surface area contributed by atoms with Gasteiger partial charge in [0.25, 0.3) is 5.69 Å². The molecule has 0 radical (unpaired) electrons. The molecule has 0 spiro atoms. The van der Waals surface area contributed by atoms with Gasteiger partial charge >= 0.3 is 0 Å². The molecule has 0 aliphatic carbocycles. The number of hydrogen-bond donors (Lipinski definition) is 0. The average Bonchev–Trinajstić information content (AvgIpc) is 3.06. The number of aromatic nitrogens is 4. The van der Waals surface area contributed by atoms with E-state index in [0.29, 0.717) is 10.8 Å². The molecule has 0 amide bonds. The monoisotopic (exact) mass is 413 g/mol. The summed E-state index contributed by atoms with van der Waals surface area (Å²) in [4.78, 5) is 15.5. The fourth-order valence-corrected chi connectivity index (χ4v) is 3.68. The molecule has 4 rings (SSSR count). The smallest absolute Gasteiger partial charge is 0.295 e. The highest BCUT2D eigenvalue weighted by Crippen LogP contribution is 2.30. The summed E-state index contributed by atoms with van der Waals surface area (Å²) >= 11 is 5.81. The molecule has 1 aliphatic rings. The van der Waals surface area contributed by atoms with E-state index in [1.807, 2.05) is 32.0 Å². The van der Waals surface area contributed by atoms with Crippen molar-refractivity contribution < 1.29 is 4.92 Å². The molecule has 1 aromatic carbocycles. The van der Waals surface area contributed by atoms with E-state index in [9.17, 15) is 10.1 Å². The van der Waals surface area contributed by atoms with E-state index in [-0.39, 0.29) is 10.6 Å². The third-order valence-corrected chi connectivity index (χ3v) is 5.18. The lowest BCUT2D eigenvalue weighted by atomic mass is 10.2. The Bertz CT molecular complexity index is 1040. The first-order valence-electron chi connectivity index (χ1n) is 9.23. The molecule has 10 heteroatoms. The second-order valence-corrected chi connectivity index (χ2v) is 7.34. The first-order chi connectivity index (χ1) is 13.9. The predicted octanol–water partition coefficient (Wildman–Crippen LogP) is 3.17. The predicted molar refractivity (Wildman–Crippen MR) is 111 cm³/mol. The molecule has 1 fully saturated rings. The molecule has 0 bridgehead atoms. The number of nitro groups is 1. The number of halogens is 1. The van der Waals surface area contributed by atoms with Crippen LogP contribution in [0.3, 0.4) is 0 Å². The van der Waals surface area contributed by atoms with E-state index in [1.54, 1.807) is 22.9 Å². The number of nitrogens with zero attached hydrogens (tertiary/aromatic N) is 7. The van der Waals surface area contributed by atoms with Crippen molar-refractivity contribution in [3.63, 3.8) is 0 Å². The Morgan fingerprint density at radius 2 is 1.72 bits per heavy atom. The van der Waals surface area contributed by atoms with Crippen molar-refractivity contribution in [3.05, 3.63) is 63.1 Å². The van der Waals surface area contributed by atoms with Gasteiger partial charge in [-0.1, -0.05) is 11.6 Å². The van der Waals surface area contributed by atoms with E-state index in [2.05, 4.69) is 25.1 Å². The van der Waals surface area contributed by atoms with Gasteiger partial charge in [-0.3, -0.25) is 10.1 Å². The number of rotatable bonds is 4. The zero-order valence-electron chi connectivity index (χ0n) is 16.1. The Kier molecular flexibility index (Phi) is 5.06. The van der Waals surface area contributed by atoms with Gasteiger partial charge in [-0.25, -0.2) is 4.68 Å². The molecule has 29 heavy (non-hydrogen) atoms. The topological polar surface area (TPSA) is 93.2 Å². The van der Waals surface area contributed by atoms with Crippen LogP contribution in [0.25, 0.3) is 5.69 Å². The van der Waals surface area contributed by atoms with Gasteiger partial charge in [0.15, 0.2) is 11.0 Å². The summed E-state index contributed by atoms with van der Waals surface area (Å²) in [6.07, 6.45) is 0. The average molecular weight is 414 g/mol. The summed E-state index contributed by atoms with van der Waals surface area (Å²) in [6.45, 7) is 6.82.